The van der Waals surface area contributed by atoms with Crippen LogP contribution in [-0.2, 0) is 0 Å². The van der Waals surface area contributed by atoms with E-state index in [4.69, 9.17) is 4.42 Å². The molecular weight excluding hydrogens is 208 g/mol. The summed E-state index contributed by atoms with van der Waals surface area (Å²) in [5.41, 5.74) is 0.975. The zero-order chi connectivity index (χ0) is 7.68. The summed E-state index contributed by atoms with van der Waals surface area (Å²) in [6.45, 7) is 0. The molecule has 0 saturated heterocycles. The third kappa shape index (κ3) is 1.21. The molecule has 3 nitrogen and oxygen atoms in total. The van der Waals surface area contributed by atoms with E-state index in [1.54, 1.807) is 18.9 Å². The van der Waals surface area contributed by atoms with Crippen molar-refractivity contribution in [2.24, 2.45) is 0 Å². The molecule has 0 spiro atoms. The summed E-state index contributed by atoms with van der Waals surface area (Å²) in [5, 5.41) is 0. The molecule has 2 aromatic heterocycles. The molecule has 2 heterocycles. The molecule has 0 aromatic carbocycles. The molecule has 11 heavy (non-hydrogen) atoms. The highest BCUT2D eigenvalue weighted by Crippen LogP contribution is 2.11. The minimum Gasteiger partial charge on any atom is -0.470 e. The van der Waals surface area contributed by atoms with E-state index in [1.807, 2.05) is 16.8 Å². The van der Waals surface area contributed by atoms with E-state index < -0.39 is 0 Å². The number of rotatable bonds is 1. The first-order valence-corrected chi connectivity index (χ1v) is 3.87. The number of hydrogen-bond acceptors (Lipinski definition) is 2. The highest BCUT2D eigenvalue weighted by molar-refractivity contribution is 9.10. The van der Waals surface area contributed by atoms with Crippen LogP contribution in [0.4, 0.5) is 0 Å². The molecule has 0 bridgehead atoms. The van der Waals surface area contributed by atoms with E-state index in [0.717, 1.165) is 10.3 Å². The molecule has 0 aliphatic carbocycles. The van der Waals surface area contributed by atoms with Crippen LogP contribution in [0, 0.1) is 0 Å². The first-order chi connectivity index (χ1) is 5.36. The van der Waals surface area contributed by atoms with Crippen molar-refractivity contribution in [2.45, 2.75) is 0 Å². The van der Waals surface area contributed by atoms with Gasteiger partial charge in [-0.05, 0) is 15.9 Å². The van der Waals surface area contributed by atoms with Crippen molar-refractivity contribution in [3.63, 3.8) is 0 Å². The summed E-state index contributed by atoms with van der Waals surface area (Å²) in [6.07, 6.45) is 6.87. The zero-order valence-corrected chi connectivity index (χ0v) is 7.15. The SMILES string of the molecule is Brc1cn(-c2ccoc2)cn1. The van der Waals surface area contributed by atoms with Gasteiger partial charge < -0.3 is 8.98 Å². The van der Waals surface area contributed by atoms with Gasteiger partial charge in [-0.3, -0.25) is 0 Å². The van der Waals surface area contributed by atoms with Gasteiger partial charge >= 0.3 is 0 Å². The fraction of sp³-hybridized carbons (Fsp3) is 0. The molecule has 0 N–H and O–H groups in total. The van der Waals surface area contributed by atoms with Crippen molar-refractivity contribution in [3.05, 3.63) is 35.7 Å². The Labute approximate surface area is 71.8 Å². The average molecular weight is 213 g/mol. The Morgan fingerprint density at radius 3 is 3.00 bits per heavy atom. The van der Waals surface area contributed by atoms with Crippen LogP contribution in [-0.4, -0.2) is 9.55 Å². The van der Waals surface area contributed by atoms with Crippen molar-refractivity contribution in [2.75, 3.05) is 0 Å². The number of hydrogen-bond donors (Lipinski definition) is 0. The Bertz CT molecular complexity index is 339. The summed E-state index contributed by atoms with van der Waals surface area (Å²) in [5.74, 6) is 0. The second-order valence-corrected chi connectivity index (χ2v) is 2.90. The molecule has 0 amide bonds. The Morgan fingerprint density at radius 1 is 1.55 bits per heavy atom. The minimum absolute atomic E-state index is 0.818. The monoisotopic (exact) mass is 212 g/mol. The molecule has 2 rings (SSSR count). The number of furan rings is 1. The van der Waals surface area contributed by atoms with E-state index in [0.29, 0.717) is 0 Å². The van der Waals surface area contributed by atoms with Crippen molar-refractivity contribution in [1.82, 2.24) is 9.55 Å². The lowest BCUT2D eigenvalue weighted by atomic mass is 10.5. The molecule has 2 aromatic rings. The van der Waals surface area contributed by atoms with Crippen LogP contribution >= 0.6 is 15.9 Å². The van der Waals surface area contributed by atoms with Crippen LogP contribution in [0.25, 0.3) is 5.69 Å². The third-order valence-corrected chi connectivity index (χ3v) is 1.76. The van der Waals surface area contributed by atoms with Gasteiger partial charge in [-0.25, -0.2) is 4.98 Å². The van der Waals surface area contributed by atoms with Gasteiger partial charge in [-0.1, -0.05) is 0 Å². The molecule has 0 aliphatic rings. The van der Waals surface area contributed by atoms with E-state index in [2.05, 4.69) is 20.9 Å². The number of halogens is 1. The van der Waals surface area contributed by atoms with E-state index in [1.165, 1.54) is 0 Å². The van der Waals surface area contributed by atoms with Gasteiger partial charge in [-0.15, -0.1) is 0 Å². The molecular formula is C7H5BrN2O. The highest BCUT2D eigenvalue weighted by atomic mass is 79.9. The third-order valence-electron chi connectivity index (χ3n) is 1.36. The maximum Gasteiger partial charge on any atom is 0.124 e. The van der Waals surface area contributed by atoms with Crippen molar-refractivity contribution in [3.8, 4) is 5.69 Å². The Kier molecular flexibility index (Phi) is 1.54. The van der Waals surface area contributed by atoms with Crippen molar-refractivity contribution < 1.29 is 4.42 Å². The maximum atomic E-state index is 4.91. The van der Waals surface area contributed by atoms with Crippen molar-refractivity contribution in [1.29, 1.82) is 0 Å². The summed E-state index contributed by atoms with van der Waals surface area (Å²) in [4.78, 5) is 4.01. The topological polar surface area (TPSA) is 31.0 Å². The molecule has 0 aliphatic heterocycles. The molecule has 0 atom stereocenters. The molecule has 0 radical (unpaired) electrons. The van der Waals surface area contributed by atoms with Crippen LogP contribution in [0.15, 0.2) is 40.1 Å². The first kappa shape index (κ1) is 6.67. The molecule has 56 valence electrons. The van der Waals surface area contributed by atoms with Crippen LogP contribution < -0.4 is 0 Å². The lowest BCUT2D eigenvalue weighted by Crippen LogP contribution is -1.84. The second-order valence-electron chi connectivity index (χ2n) is 2.09. The quantitative estimate of drug-likeness (QED) is 0.727. The normalized spacial score (nSPS) is 10.3. The van der Waals surface area contributed by atoms with Gasteiger partial charge in [0.2, 0.25) is 0 Å². The smallest absolute Gasteiger partial charge is 0.124 e. The summed E-state index contributed by atoms with van der Waals surface area (Å²) in [6, 6.07) is 1.87. The van der Waals surface area contributed by atoms with Crippen LogP contribution in [0.5, 0.6) is 0 Å². The Balaban J connectivity index is 2.45. The lowest BCUT2D eigenvalue weighted by Gasteiger charge is -1.91. The van der Waals surface area contributed by atoms with Gasteiger partial charge in [0.05, 0.1) is 12.0 Å². The van der Waals surface area contributed by atoms with E-state index >= 15 is 0 Å². The van der Waals surface area contributed by atoms with E-state index in [-0.39, 0.29) is 0 Å². The zero-order valence-electron chi connectivity index (χ0n) is 5.57. The van der Waals surface area contributed by atoms with Gasteiger partial charge in [0.25, 0.3) is 0 Å². The van der Waals surface area contributed by atoms with Gasteiger partial charge in [0.1, 0.15) is 17.2 Å². The summed E-state index contributed by atoms with van der Waals surface area (Å²) in [7, 11) is 0. The summed E-state index contributed by atoms with van der Waals surface area (Å²) < 4.78 is 7.60. The lowest BCUT2D eigenvalue weighted by molar-refractivity contribution is 0.565. The van der Waals surface area contributed by atoms with Gasteiger partial charge in [0.15, 0.2) is 0 Å². The fourth-order valence-electron chi connectivity index (χ4n) is 0.844. The predicted octanol–water partition coefficient (Wildman–Crippen LogP) is 2.23. The van der Waals surface area contributed by atoms with Crippen LogP contribution in [0.3, 0.4) is 0 Å². The molecule has 0 unspecified atom stereocenters. The number of aromatic nitrogens is 2. The standard InChI is InChI=1S/C7H5BrN2O/c8-7-3-10(5-9-7)6-1-2-11-4-6/h1-5H. The first-order valence-electron chi connectivity index (χ1n) is 3.08. The largest absolute Gasteiger partial charge is 0.470 e. The van der Waals surface area contributed by atoms with E-state index in [9.17, 15) is 0 Å². The van der Waals surface area contributed by atoms with Gasteiger partial charge in [-0.2, -0.15) is 0 Å². The Hall–Kier alpha value is -1.03. The maximum absolute atomic E-state index is 4.91. The van der Waals surface area contributed by atoms with Crippen molar-refractivity contribution >= 4 is 15.9 Å². The molecule has 0 saturated carbocycles. The Morgan fingerprint density at radius 2 is 2.45 bits per heavy atom. The number of nitrogens with zero attached hydrogens (tertiary/aromatic N) is 2. The second kappa shape index (κ2) is 2.54. The van der Waals surface area contributed by atoms with Gasteiger partial charge in [0, 0.05) is 12.3 Å². The fourth-order valence-corrected chi connectivity index (χ4v) is 1.16. The van der Waals surface area contributed by atoms with Crippen LogP contribution in [0.2, 0.25) is 0 Å². The molecule has 0 fully saturated rings. The van der Waals surface area contributed by atoms with Crippen LogP contribution in [0.1, 0.15) is 0 Å². The highest BCUT2D eigenvalue weighted by Gasteiger charge is 1.97. The average Bonchev–Trinajstić information content (AvgIpc) is 2.55. The molecule has 4 heteroatoms. The summed E-state index contributed by atoms with van der Waals surface area (Å²) >= 11 is 3.26. The number of imidazole rings is 1. The minimum atomic E-state index is 0.818. The predicted molar refractivity (Wildman–Crippen MR) is 43.5 cm³/mol.